The van der Waals surface area contributed by atoms with Gasteiger partial charge in [0.1, 0.15) is 5.65 Å². The van der Waals surface area contributed by atoms with Crippen LogP contribution in [0.5, 0.6) is 0 Å². The zero-order valence-electron chi connectivity index (χ0n) is 17.7. The highest BCUT2D eigenvalue weighted by molar-refractivity contribution is 7.89. The van der Waals surface area contributed by atoms with Crippen molar-refractivity contribution in [2.24, 2.45) is 0 Å². The van der Waals surface area contributed by atoms with Gasteiger partial charge in [-0.15, -0.1) is 0 Å². The maximum atomic E-state index is 12.8. The van der Waals surface area contributed by atoms with Crippen LogP contribution in [0.1, 0.15) is 22.8 Å². The third kappa shape index (κ3) is 4.80. The van der Waals surface area contributed by atoms with Crippen LogP contribution >= 0.6 is 0 Å². The number of carbonyl (C=O) groups is 1. The van der Waals surface area contributed by atoms with Crippen molar-refractivity contribution in [1.82, 2.24) is 19.4 Å². The Morgan fingerprint density at radius 1 is 1.19 bits per heavy atom. The Bertz CT molecular complexity index is 1290. The van der Waals surface area contributed by atoms with Gasteiger partial charge in [-0.3, -0.25) is 4.79 Å². The van der Waals surface area contributed by atoms with Gasteiger partial charge in [0.2, 0.25) is 10.0 Å². The summed E-state index contributed by atoms with van der Waals surface area (Å²) in [5.74, 6) is -0.289. The molecule has 2 aromatic heterocycles. The van der Waals surface area contributed by atoms with Crippen LogP contribution in [0.15, 0.2) is 83.7 Å². The van der Waals surface area contributed by atoms with E-state index in [0.717, 1.165) is 16.8 Å². The summed E-state index contributed by atoms with van der Waals surface area (Å²) in [5, 5.41) is 2.84. The Morgan fingerprint density at radius 2 is 1.97 bits per heavy atom. The van der Waals surface area contributed by atoms with Crippen LogP contribution in [0.3, 0.4) is 0 Å². The lowest BCUT2D eigenvalue weighted by Crippen LogP contribution is -2.43. The molecule has 2 atom stereocenters. The summed E-state index contributed by atoms with van der Waals surface area (Å²) in [7, 11) is -2.25. The molecule has 166 valence electrons. The average Bonchev–Trinajstić information content (AvgIpc) is 3.25. The monoisotopic (exact) mass is 452 g/mol. The van der Waals surface area contributed by atoms with E-state index in [0.29, 0.717) is 12.1 Å². The van der Waals surface area contributed by atoms with Crippen LogP contribution < -0.4 is 10.0 Å². The Morgan fingerprint density at radius 3 is 2.72 bits per heavy atom. The van der Waals surface area contributed by atoms with Crippen molar-refractivity contribution < 1.29 is 17.9 Å². The molecular weight excluding hydrogens is 428 g/mol. The molecule has 0 radical (unpaired) electrons. The van der Waals surface area contributed by atoms with E-state index in [1.165, 1.54) is 31.4 Å². The number of ether oxygens (including phenoxy) is 1. The van der Waals surface area contributed by atoms with Crippen molar-refractivity contribution in [3.63, 3.8) is 0 Å². The topological polar surface area (TPSA) is 102 Å². The summed E-state index contributed by atoms with van der Waals surface area (Å²) in [4.78, 5) is 16.8. The van der Waals surface area contributed by atoms with Crippen molar-refractivity contribution >= 4 is 21.6 Å². The highest BCUT2D eigenvalue weighted by Gasteiger charge is 2.26. The first-order valence-corrected chi connectivity index (χ1v) is 11.6. The van der Waals surface area contributed by atoms with Crippen molar-refractivity contribution in [2.45, 2.75) is 30.5 Å². The van der Waals surface area contributed by atoms with Crippen LogP contribution in [-0.4, -0.2) is 43.0 Å². The summed E-state index contributed by atoms with van der Waals surface area (Å²) < 4.78 is 35.5. The lowest BCUT2D eigenvalue weighted by atomic mass is 10.0. The van der Waals surface area contributed by atoms with Gasteiger partial charge in [0.15, 0.2) is 0 Å². The second-order valence-electron chi connectivity index (χ2n) is 7.55. The number of imidazole rings is 1. The molecule has 1 amide bonds. The van der Waals surface area contributed by atoms with E-state index < -0.39 is 16.1 Å². The fourth-order valence-electron chi connectivity index (χ4n) is 3.51. The van der Waals surface area contributed by atoms with E-state index in [1.807, 2.05) is 54.1 Å². The molecular formula is C23H24N4O4S. The maximum absolute atomic E-state index is 12.8. The smallest absolute Gasteiger partial charge is 0.251 e. The lowest BCUT2D eigenvalue weighted by molar-refractivity contribution is 0.0950. The molecule has 2 N–H and O–H groups in total. The molecule has 0 spiro atoms. The van der Waals surface area contributed by atoms with Crippen molar-refractivity contribution in [3.05, 3.63) is 89.9 Å². The second-order valence-corrected chi connectivity index (χ2v) is 9.27. The van der Waals surface area contributed by atoms with Gasteiger partial charge in [-0.1, -0.05) is 29.9 Å². The number of allylic oxidation sites excluding steroid dienone is 2. The largest absolute Gasteiger partial charge is 0.375 e. The van der Waals surface area contributed by atoms with Gasteiger partial charge in [-0.25, -0.2) is 18.1 Å². The standard InChI is InChI=1S/C23H24N4O4S/c1-16-3-9-21(31-2)20(13-16)26-32(29,30)19-7-5-18(6-8-19)23(28)25-14-17-4-10-22-24-11-12-27(22)15-17/h3-13,15,20-21,26H,14H2,1-2H3,(H,25,28). The zero-order chi connectivity index (χ0) is 22.7. The molecule has 4 rings (SSSR count). The highest BCUT2D eigenvalue weighted by atomic mass is 32.2. The number of nitrogens with zero attached hydrogens (tertiary/aromatic N) is 2. The predicted octanol–water partition coefficient (Wildman–Crippen LogP) is 2.44. The van der Waals surface area contributed by atoms with Crippen LogP contribution in [0, 0.1) is 0 Å². The number of benzene rings is 1. The Kier molecular flexibility index (Phi) is 6.22. The minimum absolute atomic E-state index is 0.0788. The Labute approximate surface area is 186 Å². The molecule has 0 aliphatic heterocycles. The molecule has 3 aromatic rings. The number of amides is 1. The number of pyridine rings is 1. The maximum Gasteiger partial charge on any atom is 0.251 e. The molecule has 8 nitrogen and oxygen atoms in total. The third-order valence-corrected chi connectivity index (χ3v) is 6.71. The molecule has 1 aliphatic carbocycles. The van der Waals surface area contributed by atoms with Crippen molar-refractivity contribution in [1.29, 1.82) is 0 Å². The van der Waals surface area contributed by atoms with Crippen LogP contribution in [0.25, 0.3) is 5.65 Å². The second kappa shape index (κ2) is 9.07. The number of hydrogen-bond acceptors (Lipinski definition) is 5. The van der Waals surface area contributed by atoms with Crippen LogP contribution in [-0.2, 0) is 21.3 Å². The third-order valence-electron chi connectivity index (χ3n) is 5.24. The molecule has 2 unspecified atom stereocenters. The first-order valence-electron chi connectivity index (χ1n) is 10.1. The minimum Gasteiger partial charge on any atom is -0.375 e. The van der Waals surface area contributed by atoms with E-state index in [1.54, 1.807) is 6.20 Å². The van der Waals surface area contributed by atoms with E-state index in [4.69, 9.17) is 4.74 Å². The molecule has 0 saturated carbocycles. The minimum atomic E-state index is -3.79. The summed E-state index contributed by atoms with van der Waals surface area (Å²) in [6.45, 7) is 2.23. The number of methoxy groups -OCH3 is 1. The molecule has 9 heteroatoms. The van der Waals surface area contributed by atoms with Crippen LogP contribution in [0.4, 0.5) is 0 Å². The van der Waals surface area contributed by atoms with E-state index >= 15 is 0 Å². The fourth-order valence-corrected chi connectivity index (χ4v) is 4.70. The number of nitrogens with one attached hydrogen (secondary N) is 2. The quantitative estimate of drug-likeness (QED) is 0.573. The van der Waals surface area contributed by atoms with E-state index in [9.17, 15) is 13.2 Å². The SMILES string of the molecule is COC1C=CC(C)=CC1NS(=O)(=O)c1ccc(C(=O)NCc2ccc3nccn3c2)cc1. The molecule has 0 bridgehead atoms. The van der Waals surface area contributed by atoms with Crippen molar-refractivity contribution in [2.75, 3.05) is 7.11 Å². The van der Waals surface area contributed by atoms with Crippen LogP contribution in [0.2, 0.25) is 0 Å². The molecule has 0 saturated heterocycles. The molecule has 0 fully saturated rings. The summed E-state index contributed by atoms with van der Waals surface area (Å²) in [6, 6.07) is 9.11. The number of carbonyl (C=O) groups excluding carboxylic acids is 1. The highest BCUT2D eigenvalue weighted by Crippen LogP contribution is 2.17. The first kappa shape index (κ1) is 21.9. The fraction of sp³-hybridized carbons (Fsp3) is 0.217. The van der Waals surface area contributed by atoms with Crippen molar-refractivity contribution in [3.8, 4) is 0 Å². The van der Waals surface area contributed by atoms with E-state index in [-0.39, 0.29) is 16.9 Å². The first-order chi connectivity index (χ1) is 15.4. The zero-order valence-corrected chi connectivity index (χ0v) is 18.5. The van der Waals surface area contributed by atoms with E-state index in [2.05, 4.69) is 15.0 Å². The number of hydrogen-bond donors (Lipinski definition) is 2. The lowest BCUT2D eigenvalue weighted by Gasteiger charge is -2.25. The molecule has 1 aromatic carbocycles. The Hall–Kier alpha value is -3.27. The molecule has 32 heavy (non-hydrogen) atoms. The number of fused-ring (bicyclic) bond motifs is 1. The predicted molar refractivity (Wildman–Crippen MR) is 121 cm³/mol. The molecule has 1 aliphatic rings. The Balaban J connectivity index is 1.41. The van der Waals surface area contributed by atoms with Gasteiger partial charge in [-0.05, 0) is 42.8 Å². The number of aromatic nitrogens is 2. The summed E-state index contributed by atoms with van der Waals surface area (Å²) >= 11 is 0. The van der Waals surface area contributed by atoms with Gasteiger partial charge in [-0.2, -0.15) is 0 Å². The molecule has 2 heterocycles. The normalized spacial score (nSPS) is 18.5. The summed E-state index contributed by atoms with van der Waals surface area (Å²) in [6.07, 6.45) is 10.6. The number of sulfonamides is 1. The van der Waals surface area contributed by atoms with Gasteiger partial charge in [0.05, 0.1) is 17.0 Å². The summed E-state index contributed by atoms with van der Waals surface area (Å²) in [5.41, 5.74) is 3.08. The van der Waals surface area contributed by atoms with Gasteiger partial charge < -0.3 is 14.5 Å². The average molecular weight is 453 g/mol. The van der Waals surface area contributed by atoms with Gasteiger partial charge in [0.25, 0.3) is 5.91 Å². The van der Waals surface area contributed by atoms with Gasteiger partial charge in [0, 0.05) is 37.8 Å². The number of rotatable bonds is 7. The van der Waals surface area contributed by atoms with Gasteiger partial charge >= 0.3 is 0 Å².